The molecule has 0 heterocycles. The van der Waals surface area contributed by atoms with Gasteiger partial charge in [0.05, 0.1) is 12.2 Å². The van der Waals surface area contributed by atoms with Gasteiger partial charge in [0.25, 0.3) is 0 Å². The van der Waals surface area contributed by atoms with Gasteiger partial charge in [0.2, 0.25) is 0 Å². The van der Waals surface area contributed by atoms with Crippen molar-refractivity contribution in [1.29, 1.82) is 0 Å². The van der Waals surface area contributed by atoms with E-state index in [4.69, 9.17) is 4.74 Å². The normalized spacial score (nSPS) is 10.6. The summed E-state index contributed by atoms with van der Waals surface area (Å²) in [6.45, 7) is 4.36. The third-order valence-electron chi connectivity index (χ3n) is 4.63. The number of ether oxygens (including phenoxy) is 1. The third-order valence-corrected chi connectivity index (χ3v) is 4.63. The van der Waals surface area contributed by atoms with E-state index in [0.717, 1.165) is 27.8 Å². The van der Waals surface area contributed by atoms with Crippen LogP contribution in [0.1, 0.15) is 38.2 Å². The second-order valence-corrected chi connectivity index (χ2v) is 6.82. The van der Waals surface area contributed by atoms with Crippen molar-refractivity contribution in [3.8, 4) is 5.75 Å². The van der Waals surface area contributed by atoms with Crippen LogP contribution in [-0.4, -0.2) is 17.7 Å². The molecule has 0 aromatic heterocycles. The van der Waals surface area contributed by atoms with Crippen LogP contribution in [0.5, 0.6) is 5.75 Å². The van der Waals surface area contributed by atoms with Crippen LogP contribution in [0.4, 0.5) is 0 Å². The lowest BCUT2D eigenvalue weighted by molar-refractivity contribution is 0.0509. The van der Waals surface area contributed by atoms with E-state index in [9.17, 15) is 9.90 Å². The lowest BCUT2D eigenvalue weighted by atomic mass is 9.97. The molecular weight excluding hydrogens is 336 g/mol. The van der Waals surface area contributed by atoms with Gasteiger partial charge in [-0.25, -0.2) is 4.79 Å². The van der Waals surface area contributed by atoms with E-state index in [2.05, 4.69) is 18.2 Å². The molecule has 0 atom stereocenters. The van der Waals surface area contributed by atoms with Crippen molar-refractivity contribution in [3.05, 3.63) is 100 Å². The van der Waals surface area contributed by atoms with Crippen molar-refractivity contribution in [2.24, 2.45) is 0 Å². The molecule has 3 rings (SSSR count). The Hall–Kier alpha value is -3.07. The Morgan fingerprint density at radius 3 is 2.26 bits per heavy atom. The van der Waals surface area contributed by atoms with Gasteiger partial charge in [-0.3, -0.25) is 0 Å². The van der Waals surface area contributed by atoms with Crippen molar-refractivity contribution in [3.63, 3.8) is 0 Å². The van der Waals surface area contributed by atoms with Gasteiger partial charge in [-0.2, -0.15) is 0 Å². The zero-order valence-corrected chi connectivity index (χ0v) is 15.7. The van der Waals surface area contributed by atoms with Crippen LogP contribution < -0.4 is 0 Å². The Bertz CT molecular complexity index is 889. The average Bonchev–Trinajstić information content (AvgIpc) is 2.66. The van der Waals surface area contributed by atoms with E-state index < -0.39 is 0 Å². The van der Waals surface area contributed by atoms with Crippen molar-refractivity contribution < 1.29 is 14.6 Å². The number of aryl methyl sites for hydroxylation is 2. The number of phenols is 1. The number of hydrogen-bond acceptors (Lipinski definition) is 3. The van der Waals surface area contributed by atoms with Gasteiger partial charge in [0.15, 0.2) is 0 Å². The molecule has 0 saturated heterocycles. The SMILES string of the molecule is Cc1cc(C)c(Cc2ccc(CCOC(=O)c3ccccc3)cc2)c(O)c1. The number of phenolic OH excluding ortho intramolecular Hbond substituents is 1. The summed E-state index contributed by atoms with van der Waals surface area (Å²) in [6.07, 6.45) is 1.37. The largest absolute Gasteiger partial charge is 0.508 e. The van der Waals surface area contributed by atoms with Gasteiger partial charge < -0.3 is 9.84 Å². The van der Waals surface area contributed by atoms with Crippen molar-refractivity contribution in [2.45, 2.75) is 26.7 Å². The number of carbonyl (C=O) groups excluding carboxylic acids is 1. The summed E-state index contributed by atoms with van der Waals surface area (Å²) in [6, 6.07) is 21.1. The molecule has 0 amide bonds. The average molecular weight is 360 g/mol. The molecule has 0 aliphatic rings. The minimum Gasteiger partial charge on any atom is -0.508 e. The summed E-state index contributed by atoms with van der Waals surface area (Å²) >= 11 is 0. The second-order valence-electron chi connectivity index (χ2n) is 6.82. The number of carbonyl (C=O) groups is 1. The van der Waals surface area contributed by atoms with Gasteiger partial charge in [0.1, 0.15) is 5.75 Å². The van der Waals surface area contributed by atoms with Crippen LogP contribution in [0.15, 0.2) is 66.7 Å². The van der Waals surface area contributed by atoms with E-state index in [1.165, 1.54) is 0 Å². The van der Waals surface area contributed by atoms with Gasteiger partial charge in [-0.1, -0.05) is 48.5 Å². The van der Waals surface area contributed by atoms with Gasteiger partial charge in [0, 0.05) is 18.4 Å². The van der Waals surface area contributed by atoms with Crippen molar-refractivity contribution in [1.82, 2.24) is 0 Å². The standard InChI is InChI=1S/C24H24O3/c1-17-14-18(2)22(23(25)15-17)16-20-10-8-19(9-11-20)12-13-27-24(26)21-6-4-3-5-7-21/h3-11,14-15,25H,12-13,16H2,1-2H3. The van der Waals surface area contributed by atoms with Crippen LogP contribution in [0.3, 0.4) is 0 Å². The molecule has 0 spiro atoms. The topological polar surface area (TPSA) is 46.5 Å². The van der Waals surface area contributed by atoms with E-state index >= 15 is 0 Å². The van der Waals surface area contributed by atoms with Crippen molar-refractivity contribution >= 4 is 5.97 Å². The molecule has 3 nitrogen and oxygen atoms in total. The fourth-order valence-corrected chi connectivity index (χ4v) is 3.15. The van der Waals surface area contributed by atoms with Crippen molar-refractivity contribution in [2.75, 3.05) is 6.61 Å². The zero-order chi connectivity index (χ0) is 19.2. The summed E-state index contributed by atoms with van der Waals surface area (Å²) in [4.78, 5) is 11.9. The molecule has 138 valence electrons. The highest BCUT2D eigenvalue weighted by molar-refractivity contribution is 5.89. The molecule has 0 fully saturated rings. The Morgan fingerprint density at radius 1 is 0.926 bits per heavy atom. The molecule has 0 aliphatic carbocycles. The fraction of sp³-hybridized carbons (Fsp3) is 0.208. The first-order valence-corrected chi connectivity index (χ1v) is 9.12. The number of rotatable bonds is 6. The lowest BCUT2D eigenvalue weighted by Crippen LogP contribution is -2.08. The number of aromatic hydroxyl groups is 1. The summed E-state index contributed by atoms with van der Waals surface area (Å²) in [7, 11) is 0. The second kappa shape index (κ2) is 8.54. The molecule has 27 heavy (non-hydrogen) atoms. The molecule has 1 N–H and O–H groups in total. The van der Waals surface area contributed by atoms with Crippen LogP contribution in [0.2, 0.25) is 0 Å². The summed E-state index contributed by atoms with van der Waals surface area (Å²) in [5, 5.41) is 10.2. The third kappa shape index (κ3) is 4.98. The number of esters is 1. The van der Waals surface area contributed by atoms with E-state index in [0.29, 0.717) is 30.8 Å². The maximum Gasteiger partial charge on any atom is 0.338 e. The predicted octanol–water partition coefficient (Wildman–Crippen LogP) is 5.00. The Morgan fingerprint density at radius 2 is 1.59 bits per heavy atom. The minimum atomic E-state index is -0.294. The zero-order valence-electron chi connectivity index (χ0n) is 15.7. The lowest BCUT2D eigenvalue weighted by Gasteiger charge is -2.11. The number of benzene rings is 3. The maximum absolute atomic E-state index is 11.9. The Balaban J connectivity index is 1.56. The Labute approximate surface area is 160 Å². The highest BCUT2D eigenvalue weighted by atomic mass is 16.5. The van der Waals surface area contributed by atoms with E-state index in [-0.39, 0.29) is 5.97 Å². The first-order chi connectivity index (χ1) is 13.0. The molecular formula is C24H24O3. The van der Waals surface area contributed by atoms with Crippen LogP contribution in [0.25, 0.3) is 0 Å². The maximum atomic E-state index is 11.9. The molecule has 0 aliphatic heterocycles. The first-order valence-electron chi connectivity index (χ1n) is 9.12. The molecule has 3 heteroatoms. The number of hydrogen-bond donors (Lipinski definition) is 1. The van der Waals surface area contributed by atoms with Gasteiger partial charge in [-0.15, -0.1) is 0 Å². The molecule has 0 unspecified atom stereocenters. The molecule has 0 bridgehead atoms. The van der Waals surface area contributed by atoms with E-state index in [1.807, 2.05) is 44.2 Å². The summed E-state index contributed by atoms with van der Waals surface area (Å²) in [5.74, 6) is 0.0574. The monoisotopic (exact) mass is 360 g/mol. The van der Waals surface area contributed by atoms with Gasteiger partial charge in [-0.05, 0) is 54.3 Å². The quantitative estimate of drug-likeness (QED) is 0.629. The molecule has 0 saturated carbocycles. The summed E-state index contributed by atoms with van der Waals surface area (Å²) < 4.78 is 5.33. The smallest absolute Gasteiger partial charge is 0.338 e. The first kappa shape index (κ1) is 18.7. The van der Waals surface area contributed by atoms with Crippen LogP contribution >= 0.6 is 0 Å². The molecule has 3 aromatic carbocycles. The minimum absolute atomic E-state index is 0.294. The van der Waals surface area contributed by atoms with Crippen LogP contribution in [0, 0.1) is 13.8 Å². The summed E-state index contributed by atoms with van der Waals surface area (Å²) in [5.41, 5.74) is 5.96. The molecule has 3 aromatic rings. The highest BCUT2D eigenvalue weighted by Gasteiger charge is 2.08. The predicted molar refractivity (Wildman–Crippen MR) is 107 cm³/mol. The van der Waals surface area contributed by atoms with Crippen LogP contribution in [-0.2, 0) is 17.6 Å². The highest BCUT2D eigenvalue weighted by Crippen LogP contribution is 2.25. The van der Waals surface area contributed by atoms with Gasteiger partial charge >= 0.3 is 5.97 Å². The van der Waals surface area contributed by atoms with E-state index in [1.54, 1.807) is 18.2 Å². The fourth-order valence-electron chi connectivity index (χ4n) is 3.15. The Kier molecular flexibility index (Phi) is 5.92. The molecule has 0 radical (unpaired) electrons.